The third kappa shape index (κ3) is 2.88. The maximum atomic E-state index is 10.8. The van der Waals surface area contributed by atoms with Crippen LogP contribution in [0.25, 0.3) is 0 Å². The van der Waals surface area contributed by atoms with Crippen molar-refractivity contribution in [1.82, 2.24) is 10.2 Å². The first-order chi connectivity index (χ1) is 5.13. The highest BCUT2D eigenvalue weighted by molar-refractivity contribution is 5.89. The van der Waals surface area contributed by atoms with Crippen LogP contribution in [0.2, 0.25) is 0 Å². The third-order valence-electron chi connectivity index (χ3n) is 1.12. The summed E-state index contributed by atoms with van der Waals surface area (Å²) in [6.07, 6.45) is -1.22. The van der Waals surface area contributed by atoms with Crippen LogP contribution in [0.1, 0.15) is 13.8 Å². The van der Waals surface area contributed by atoms with Crippen molar-refractivity contribution in [1.29, 1.82) is 0 Å². The molecule has 0 unspecified atom stereocenters. The Morgan fingerprint density at radius 2 is 2.00 bits per heavy atom. The van der Waals surface area contributed by atoms with Gasteiger partial charge < -0.3 is 10.4 Å². The predicted molar refractivity (Wildman–Crippen MR) is 39.5 cm³/mol. The Kier molecular flexibility index (Phi) is 4.02. The molecule has 11 heavy (non-hydrogen) atoms. The molecule has 0 aliphatic rings. The van der Waals surface area contributed by atoms with E-state index in [1.54, 1.807) is 13.8 Å². The summed E-state index contributed by atoms with van der Waals surface area (Å²) < 4.78 is 0. The van der Waals surface area contributed by atoms with Crippen molar-refractivity contribution < 1.29 is 14.7 Å². The van der Waals surface area contributed by atoms with E-state index in [9.17, 15) is 9.59 Å². The van der Waals surface area contributed by atoms with Crippen molar-refractivity contribution in [2.75, 3.05) is 13.1 Å². The maximum absolute atomic E-state index is 10.8. The van der Waals surface area contributed by atoms with Crippen molar-refractivity contribution >= 4 is 12.1 Å². The Balaban J connectivity index is 4.03. The third-order valence-corrected chi connectivity index (χ3v) is 1.12. The predicted octanol–water partition coefficient (Wildman–Crippen LogP) is 0.716. The minimum absolute atomic E-state index is 0.168. The first kappa shape index (κ1) is 9.74. The van der Waals surface area contributed by atoms with Crippen LogP contribution in [0, 0.1) is 0 Å². The zero-order valence-corrected chi connectivity index (χ0v) is 6.63. The van der Waals surface area contributed by atoms with E-state index in [4.69, 9.17) is 5.11 Å². The lowest BCUT2D eigenvalue weighted by Crippen LogP contribution is -2.42. The molecule has 0 bridgehead atoms. The monoisotopic (exact) mass is 160 g/mol. The summed E-state index contributed by atoms with van der Waals surface area (Å²) in [6, 6.07) is -0.567. The van der Waals surface area contributed by atoms with E-state index < -0.39 is 12.1 Å². The fourth-order valence-corrected chi connectivity index (χ4v) is 0.612. The van der Waals surface area contributed by atoms with Crippen LogP contribution in [0.15, 0.2) is 0 Å². The number of hydrogen-bond acceptors (Lipinski definition) is 2. The molecule has 0 aliphatic carbocycles. The van der Waals surface area contributed by atoms with Crippen LogP contribution in [0.4, 0.5) is 9.59 Å². The molecule has 0 radical (unpaired) electrons. The van der Waals surface area contributed by atoms with Gasteiger partial charge in [0.05, 0.1) is 0 Å². The normalized spacial score (nSPS) is 8.91. The van der Waals surface area contributed by atoms with Crippen LogP contribution >= 0.6 is 0 Å². The highest BCUT2D eigenvalue weighted by Crippen LogP contribution is 1.88. The van der Waals surface area contributed by atoms with Gasteiger partial charge in [-0.15, -0.1) is 0 Å². The summed E-state index contributed by atoms with van der Waals surface area (Å²) in [4.78, 5) is 21.9. The quantitative estimate of drug-likeness (QED) is 0.625. The van der Waals surface area contributed by atoms with E-state index >= 15 is 0 Å². The number of imide groups is 1. The zero-order valence-electron chi connectivity index (χ0n) is 6.63. The number of nitrogens with one attached hydrogen (secondary N) is 1. The highest BCUT2D eigenvalue weighted by atomic mass is 16.4. The van der Waals surface area contributed by atoms with Gasteiger partial charge in [0.25, 0.3) is 0 Å². The second kappa shape index (κ2) is 4.54. The van der Waals surface area contributed by atoms with Crippen molar-refractivity contribution in [3.63, 3.8) is 0 Å². The molecular weight excluding hydrogens is 148 g/mol. The zero-order chi connectivity index (χ0) is 8.85. The number of urea groups is 1. The highest BCUT2D eigenvalue weighted by Gasteiger charge is 2.16. The van der Waals surface area contributed by atoms with E-state index in [0.717, 1.165) is 0 Å². The fourth-order valence-electron chi connectivity index (χ4n) is 0.612. The molecule has 3 amide bonds. The molecule has 0 heterocycles. The van der Waals surface area contributed by atoms with Crippen molar-refractivity contribution in [3.8, 4) is 0 Å². The molecule has 0 atom stereocenters. The van der Waals surface area contributed by atoms with Crippen molar-refractivity contribution in [3.05, 3.63) is 0 Å². The number of nitrogens with zero attached hydrogens (tertiary/aromatic N) is 1. The van der Waals surface area contributed by atoms with Gasteiger partial charge in [-0.2, -0.15) is 0 Å². The van der Waals surface area contributed by atoms with E-state index in [0.29, 0.717) is 11.4 Å². The summed E-state index contributed by atoms with van der Waals surface area (Å²) in [7, 11) is 0. The Labute approximate surface area is 65.0 Å². The molecule has 0 aromatic heterocycles. The lowest BCUT2D eigenvalue weighted by molar-refractivity contribution is 0.150. The standard InChI is InChI=1S/C6H12N2O3/c1-3-7-5(9)8(4-2)6(10)11/h3-4H2,1-2H3,(H,7,9)(H,10,11). The van der Waals surface area contributed by atoms with Gasteiger partial charge in [-0.05, 0) is 13.8 Å². The average molecular weight is 160 g/mol. The number of amides is 3. The largest absolute Gasteiger partial charge is 0.465 e. The smallest absolute Gasteiger partial charge is 0.415 e. The van der Waals surface area contributed by atoms with Gasteiger partial charge >= 0.3 is 12.1 Å². The van der Waals surface area contributed by atoms with E-state index in [1.165, 1.54) is 0 Å². The molecule has 0 rings (SSSR count). The van der Waals surface area contributed by atoms with Gasteiger partial charge in [-0.1, -0.05) is 0 Å². The Morgan fingerprint density at radius 1 is 1.45 bits per heavy atom. The van der Waals surface area contributed by atoms with E-state index in [2.05, 4.69) is 5.32 Å². The van der Waals surface area contributed by atoms with Crippen molar-refractivity contribution in [2.24, 2.45) is 0 Å². The molecule has 0 spiro atoms. The Bertz CT molecular complexity index is 158. The number of carbonyl (C=O) groups is 2. The van der Waals surface area contributed by atoms with Gasteiger partial charge in [0.2, 0.25) is 0 Å². The molecule has 5 nitrogen and oxygen atoms in total. The summed E-state index contributed by atoms with van der Waals surface area (Å²) in [6.45, 7) is 3.93. The van der Waals surface area contributed by atoms with Gasteiger partial charge in [0, 0.05) is 13.1 Å². The fraction of sp³-hybridized carbons (Fsp3) is 0.667. The lowest BCUT2D eigenvalue weighted by atomic mass is 10.6. The molecule has 0 aromatic rings. The lowest BCUT2D eigenvalue weighted by Gasteiger charge is -2.14. The van der Waals surface area contributed by atoms with Gasteiger partial charge in [-0.3, -0.25) is 0 Å². The summed E-state index contributed by atoms with van der Waals surface area (Å²) in [5, 5.41) is 10.8. The topological polar surface area (TPSA) is 69.6 Å². The number of carboxylic acid groups (broad SMARTS) is 1. The SMILES string of the molecule is CCNC(=O)N(CC)C(=O)O. The molecule has 64 valence electrons. The molecule has 5 heteroatoms. The van der Waals surface area contributed by atoms with Crippen LogP contribution in [0.5, 0.6) is 0 Å². The first-order valence-corrected chi connectivity index (χ1v) is 3.41. The average Bonchev–Trinajstić information content (AvgIpc) is 1.88. The summed E-state index contributed by atoms with van der Waals surface area (Å²) in [5.74, 6) is 0. The number of carbonyl (C=O) groups excluding carboxylic acids is 1. The van der Waals surface area contributed by atoms with Gasteiger partial charge in [-0.25, -0.2) is 14.5 Å². The van der Waals surface area contributed by atoms with Crippen molar-refractivity contribution in [2.45, 2.75) is 13.8 Å². The van der Waals surface area contributed by atoms with E-state index in [1.807, 2.05) is 0 Å². The van der Waals surface area contributed by atoms with Crippen LogP contribution < -0.4 is 5.32 Å². The molecule has 0 fully saturated rings. The molecule has 2 N–H and O–H groups in total. The summed E-state index contributed by atoms with van der Waals surface area (Å²) >= 11 is 0. The molecule has 0 aliphatic heterocycles. The van der Waals surface area contributed by atoms with Gasteiger partial charge in [0.1, 0.15) is 0 Å². The number of hydrogen-bond donors (Lipinski definition) is 2. The van der Waals surface area contributed by atoms with Crippen LogP contribution in [-0.2, 0) is 0 Å². The molecule has 0 saturated carbocycles. The second-order valence-electron chi connectivity index (χ2n) is 1.86. The first-order valence-electron chi connectivity index (χ1n) is 3.41. The number of rotatable bonds is 2. The molecule has 0 saturated heterocycles. The minimum Gasteiger partial charge on any atom is -0.465 e. The molecule has 0 aromatic carbocycles. The minimum atomic E-state index is -1.22. The van der Waals surface area contributed by atoms with Crippen LogP contribution in [-0.4, -0.2) is 35.2 Å². The van der Waals surface area contributed by atoms with Gasteiger partial charge in [0.15, 0.2) is 0 Å². The van der Waals surface area contributed by atoms with Crippen LogP contribution in [0.3, 0.4) is 0 Å². The maximum Gasteiger partial charge on any atom is 0.415 e. The summed E-state index contributed by atoms with van der Waals surface area (Å²) in [5.41, 5.74) is 0. The molecular formula is C6H12N2O3. The Hall–Kier alpha value is -1.26. The second-order valence-corrected chi connectivity index (χ2v) is 1.86. The Morgan fingerprint density at radius 3 is 2.27 bits per heavy atom. The van der Waals surface area contributed by atoms with E-state index in [-0.39, 0.29) is 6.54 Å².